The minimum Gasteiger partial charge on any atom is -0.311 e. The molecule has 2 rings (SSSR count). The number of nitrogens with one attached hydrogen (secondary N) is 1. The monoisotopic (exact) mass is 258 g/mol. The Morgan fingerprint density at radius 1 is 1.21 bits per heavy atom. The molecule has 0 spiro atoms. The van der Waals surface area contributed by atoms with E-state index in [1.165, 1.54) is 5.56 Å². The van der Waals surface area contributed by atoms with Gasteiger partial charge in [-0.3, -0.25) is 4.68 Å². The highest BCUT2D eigenvalue weighted by atomic mass is 15.4. The Bertz CT molecular complexity index is 464. The zero-order chi connectivity index (χ0) is 13.3. The molecule has 0 radical (unpaired) electrons. The molecule has 1 heterocycles. The van der Waals surface area contributed by atoms with Crippen LogP contribution in [0.4, 0.5) is 0 Å². The fraction of sp³-hybridized carbons (Fsp3) is 0.467. The summed E-state index contributed by atoms with van der Waals surface area (Å²) in [6.45, 7) is 4.93. The van der Waals surface area contributed by atoms with E-state index < -0.39 is 0 Å². The molecule has 0 aliphatic carbocycles. The van der Waals surface area contributed by atoms with E-state index in [0.717, 1.165) is 44.6 Å². The Kier molecular flexibility index (Phi) is 5.56. The van der Waals surface area contributed by atoms with Crippen LogP contribution >= 0.6 is 0 Å². The predicted octanol–water partition coefficient (Wildman–Crippen LogP) is 2.41. The van der Waals surface area contributed by atoms with Gasteiger partial charge in [-0.2, -0.15) is 0 Å². The van der Waals surface area contributed by atoms with E-state index in [4.69, 9.17) is 0 Å². The Hall–Kier alpha value is -1.68. The van der Waals surface area contributed by atoms with Crippen LogP contribution in [0, 0.1) is 0 Å². The van der Waals surface area contributed by atoms with Crippen molar-refractivity contribution in [1.82, 2.24) is 20.3 Å². The molecule has 19 heavy (non-hydrogen) atoms. The van der Waals surface area contributed by atoms with Crippen molar-refractivity contribution >= 4 is 0 Å². The van der Waals surface area contributed by atoms with Crippen LogP contribution in [-0.4, -0.2) is 21.5 Å². The van der Waals surface area contributed by atoms with Crippen LogP contribution in [0.25, 0.3) is 0 Å². The summed E-state index contributed by atoms with van der Waals surface area (Å²) >= 11 is 0. The number of nitrogens with zero attached hydrogens (tertiary/aromatic N) is 3. The topological polar surface area (TPSA) is 42.7 Å². The molecule has 0 saturated carbocycles. The SMILES string of the molecule is CCCNCc1cn(CCCc2ccccc2)nn1. The standard InChI is InChI=1S/C15H22N4/c1-2-10-16-12-15-13-19(18-17-15)11-6-9-14-7-4-3-5-8-14/h3-5,7-8,13,16H,2,6,9-12H2,1H3. The van der Waals surface area contributed by atoms with Gasteiger partial charge in [0.25, 0.3) is 0 Å². The first-order chi connectivity index (χ1) is 9.38. The zero-order valence-corrected chi connectivity index (χ0v) is 11.5. The van der Waals surface area contributed by atoms with Gasteiger partial charge in [-0.1, -0.05) is 42.5 Å². The van der Waals surface area contributed by atoms with E-state index in [0.29, 0.717) is 0 Å². The lowest BCUT2D eigenvalue weighted by atomic mass is 10.1. The van der Waals surface area contributed by atoms with E-state index in [2.05, 4.69) is 52.9 Å². The fourth-order valence-corrected chi connectivity index (χ4v) is 2.01. The van der Waals surface area contributed by atoms with E-state index in [-0.39, 0.29) is 0 Å². The third-order valence-electron chi connectivity index (χ3n) is 3.01. The van der Waals surface area contributed by atoms with Crippen molar-refractivity contribution in [3.05, 3.63) is 47.8 Å². The second kappa shape index (κ2) is 7.69. The van der Waals surface area contributed by atoms with Crippen molar-refractivity contribution in [2.45, 2.75) is 39.3 Å². The van der Waals surface area contributed by atoms with Crippen molar-refractivity contribution in [2.75, 3.05) is 6.54 Å². The molecule has 0 aliphatic rings. The van der Waals surface area contributed by atoms with Crippen LogP contribution in [0.5, 0.6) is 0 Å². The lowest BCUT2D eigenvalue weighted by Gasteiger charge is -2.01. The van der Waals surface area contributed by atoms with Crippen molar-refractivity contribution in [3.8, 4) is 0 Å². The second-order valence-electron chi connectivity index (χ2n) is 4.74. The van der Waals surface area contributed by atoms with Crippen molar-refractivity contribution in [2.24, 2.45) is 0 Å². The largest absolute Gasteiger partial charge is 0.311 e. The molecule has 0 aliphatic heterocycles. The van der Waals surface area contributed by atoms with Gasteiger partial charge < -0.3 is 5.32 Å². The summed E-state index contributed by atoms with van der Waals surface area (Å²) in [5.74, 6) is 0. The molecular formula is C15H22N4. The zero-order valence-electron chi connectivity index (χ0n) is 11.5. The summed E-state index contributed by atoms with van der Waals surface area (Å²) in [6, 6.07) is 10.6. The number of aryl methyl sites for hydroxylation is 2. The lowest BCUT2D eigenvalue weighted by Crippen LogP contribution is -2.13. The van der Waals surface area contributed by atoms with Gasteiger partial charge in [-0.15, -0.1) is 5.10 Å². The Balaban J connectivity index is 1.71. The lowest BCUT2D eigenvalue weighted by molar-refractivity contribution is 0.558. The molecule has 2 aromatic rings. The van der Waals surface area contributed by atoms with Crippen LogP contribution in [0.1, 0.15) is 31.0 Å². The minimum atomic E-state index is 0.812. The highest BCUT2D eigenvalue weighted by Gasteiger charge is 2.00. The molecule has 1 aromatic heterocycles. The number of benzene rings is 1. The van der Waals surface area contributed by atoms with E-state index in [9.17, 15) is 0 Å². The first kappa shape index (κ1) is 13.7. The average molecular weight is 258 g/mol. The quantitative estimate of drug-likeness (QED) is 0.739. The maximum Gasteiger partial charge on any atom is 0.0964 e. The van der Waals surface area contributed by atoms with Crippen LogP contribution in [0.15, 0.2) is 36.5 Å². The van der Waals surface area contributed by atoms with E-state index in [1.807, 2.05) is 10.9 Å². The molecule has 102 valence electrons. The Labute approximate surface area is 114 Å². The van der Waals surface area contributed by atoms with Gasteiger partial charge in [0.2, 0.25) is 0 Å². The van der Waals surface area contributed by atoms with Crippen LogP contribution in [-0.2, 0) is 19.5 Å². The Morgan fingerprint density at radius 3 is 2.84 bits per heavy atom. The average Bonchev–Trinajstić information content (AvgIpc) is 2.88. The van der Waals surface area contributed by atoms with Crippen molar-refractivity contribution in [3.63, 3.8) is 0 Å². The number of rotatable bonds is 8. The summed E-state index contributed by atoms with van der Waals surface area (Å²) in [7, 11) is 0. The molecule has 0 fully saturated rings. The van der Waals surface area contributed by atoms with Gasteiger partial charge in [0.1, 0.15) is 0 Å². The van der Waals surface area contributed by atoms with Crippen molar-refractivity contribution < 1.29 is 0 Å². The normalized spacial score (nSPS) is 10.8. The maximum absolute atomic E-state index is 4.16. The molecule has 0 bridgehead atoms. The van der Waals surface area contributed by atoms with Gasteiger partial charge in [0, 0.05) is 19.3 Å². The third-order valence-corrected chi connectivity index (χ3v) is 3.01. The minimum absolute atomic E-state index is 0.812. The molecule has 0 saturated heterocycles. The van der Waals surface area contributed by atoms with E-state index >= 15 is 0 Å². The summed E-state index contributed by atoms with van der Waals surface area (Å²) in [5.41, 5.74) is 2.40. The second-order valence-corrected chi connectivity index (χ2v) is 4.74. The third kappa shape index (κ3) is 4.83. The van der Waals surface area contributed by atoms with Gasteiger partial charge in [-0.25, -0.2) is 0 Å². The maximum atomic E-state index is 4.16. The predicted molar refractivity (Wildman–Crippen MR) is 76.8 cm³/mol. The molecule has 0 amide bonds. The Morgan fingerprint density at radius 2 is 2.05 bits per heavy atom. The molecule has 1 aromatic carbocycles. The summed E-state index contributed by atoms with van der Waals surface area (Å²) in [5, 5.41) is 11.6. The number of hydrogen-bond acceptors (Lipinski definition) is 3. The van der Waals surface area contributed by atoms with Crippen LogP contribution in [0.3, 0.4) is 0 Å². The first-order valence-electron chi connectivity index (χ1n) is 7.02. The first-order valence-corrected chi connectivity index (χ1v) is 7.02. The van der Waals surface area contributed by atoms with Gasteiger partial charge in [-0.05, 0) is 31.4 Å². The summed E-state index contributed by atoms with van der Waals surface area (Å²) < 4.78 is 1.94. The highest BCUT2D eigenvalue weighted by Crippen LogP contribution is 2.03. The van der Waals surface area contributed by atoms with Crippen LogP contribution in [0.2, 0.25) is 0 Å². The van der Waals surface area contributed by atoms with Crippen LogP contribution < -0.4 is 5.32 Å². The van der Waals surface area contributed by atoms with Gasteiger partial charge in [0.15, 0.2) is 0 Å². The molecular weight excluding hydrogens is 236 g/mol. The highest BCUT2D eigenvalue weighted by molar-refractivity contribution is 5.14. The molecule has 1 N–H and O–H groups in total. The van der Waals surface area contributed by atoms with E-state index in [1.54, 1.807) is 0 Å². The molecule has 0 atom stereocenters. The smallest absolute Gasteiger partial charge is 0.0964 e. The summed E-state index contributed by atoms with van der Waals surface area (Å²) in [6.07, 6.45) is 5.36. The summed E-state index contributed by atoms with van der Waals surface area (Å²) in [4.78, 5) is 0. The van der Waals surface area contributed by atoms with Gasteiger partial charge >= 0.3 is 0 Å². The molecule has 4 heteroatoms. The van der Waals surface area contributed by atoms with Gasteiger partial charge in [0.05, 0.1) is 5.69 Å². The van der Waals surface area contributed by atoms with Crippen molar-refractivity contribution in [1.29, 1.82) is 0 Å². The fourth-order valence-electron chi connectivity index (χ4n) is 2.01. The molecule has 4 nitrogen and oxygen atoms in total. The number of hydrogen-bond donors (Lipinski definition) is 1. The number of aromatic nitrogens is 3. The molecule has 0 unspecified atom stereocenters.